The van der Waals surface area contributed by atoms with Gasteiger partial charge in [0.1, 0.15) is 26.8 Å². The van der Waals surface area contributed by atoms with Gasteiger partial charge in [0.2, 0.25) is 5.88 Å². The van der Waals surface area contributed by atoms with Gasteiger partial charge < -0.3 is 14.4 Å². The molecule has 0 bridgehead atoms. The van der Waals surface area contributed by atoms with Gasteiger partial charge in [0.15, 0.2) is 0 Å². The number of amidine groups is 1. The van der Waals surface area contributed by atoms with Gasteiger partial charge in [-0.05, 0) is 76.1 Å². The third kappa shape index (κ3) is 7.27. The highest BCUT2D eigenvalue weighted by Gasteiger charge is 2.60. The first-order valence-corrected chi connectivity index (χ1v) is 18.9. The Morgan fingerprint density at radius 3 is 2.04 bits per heavy atom. The fourth-order valence-electron chi connectivity index (χ4n) is 6.37. The molecular weight excluding hydrogens is 675 g/mol. The first-order valence-electron chi connectivity index (χ1n) is 16.0. The number of nitrogens with zero attached hydrogens (tertiary/aromatic N) is 6. The van der Waals surface area contributed by atoms with Crippen molar-refractivity contribution in [3.63, 3.8) is 0 Å². The van der Waals surface area contributed by atoms with Gasteiger partial charge in [-0.2, -0.15) is 4.98 Å². The van der Waals surface area contributed by atoms with Crippen LogP contribution in [-0.2, 0) is 20.9 Å². The third-order valence-corrected chi connectivity index (χ3v) is 10.6. The molecule has 2 aliphatic rings. The Bertz CT molecular complexity index is 1750. The van der Waals surface area contributed by atoms with E-state index in [0.717, 1.165) is 11.1 Å². The second-order valence-electron chi connectivity index (χ2n) is 12.3. The molecule has 5 rings (SSSR count). The Balaban J connectivity index is 1.63. The fourth-order valence-corrected chi connectivity index (χ4v) is 7.28. The van der Waals surface area contributed by atoms with Gasteiger partial charge in [-0.15, -0.1) is 0 Å². The molecule has 0 N–H and O–H groups in total. The van der Waals surface area contributed by atoms with Crippen LogP contribution >= 0.6 is 23.2 Å². The summed E-state index contributed by atoms with van der Waals surface area (Å²) in [6.45, 7) is 11.2. The third-order valence-electron chi connectivity index (χ3n) is 9.10. The van der Waals surface area contributed by atoms with Crippen molar-refractivity contribution in [3.8, 4) is 11.9 Å². The van der Waals surface area contributed by atoms with Crippen molar-refractivity contribution in [1.82, 2.24) is 24.7 Å². The van der Waals surface area contributed by atoms with E-state index in [1.807, 2.05) is 81.1 Å². The molecule has 2 amide bonds. The SMILES string of the molecule is CCOc1ncc(C2=NC(C)(c3ccc(Cl)cc3)C(C)(c3ccc(Cl)cc3)N2C(=O)N2CCN(CCCS(C)(=O)=O)CC2)c(OCC)n1. The minimum absolute atomic E-state index is 0.134. The molecule has 2 aromatic carbocycles. The van der Waals surface area contributed by atoms with E-state index in [-0.39, 0.29) is 23.7 Å². The Hall–Kier alpha value is -3.45. The van der Waals surface area contributed by atoms with E-state index in [1.165, 1.54) is 6.26 Å². The van der Waals surface area contributed by atoms with Gasteiger partial charge in [-0.3, -0.25) is 14.8 Å². The topological polar surface area (TPSA) is 118 Å². The minimum Gasteiger partial charge on any atom is -0.477 e. The molecule has 0 radical (unpaired) electrons. The van der Waals surface area contributed by atoms with Gasteiger partial charge in [0, 0.05) is 48.7 Å². The number of hydrogen-bond donors (Lipinski definition) is 0. The number of piperazine rings is 1. The van der Waals surface area contributed by atoms with E-state index >= 15 is 4.79 Å². The second kappa shape index (κ2) is 14.6. The largest absolute Gasteiger partial charge is 0.477 e. The summed E-state index contributed by atoms with van der Waals surface area (Å²) in [7, 11) is -3.04. The van der Waals surface area contributed by atoms with E-state index < -0.39 is 20.9 Å². The second-order valence-corrected chi connectivity index (χ2v) is 15.4. The molecule has 11 nitrogen and oxygen atoms in total. The average molecular weight is 718 g/mol. The Labute approximate surface area is 292 Å². The molecule has 2 aliphatic heterocycles. The molecule has 258 valence electrons. The van der Waals surface area contributed by atoms with Gasteiger partial charge in [-0.1, -0.05) is 47.5 Å². The first-order chi connectivity index (χ1) is 22.8. The summed E-state index contributed by atoms with van der Waals surface area (Å²) < 4.78 is 34.9. The van der Waals surface area contributed by atoms with Crippen LogP contribution in [-0.4, -0.2) is 103 Å². The lowest BCUT2D eigenvalue weighted by atomic mass is 9.71. The lowest BCUT2D eigenvalue weighted by molar-refractivity contribution is 0.0868. The van der Waals surface area contributed by atoms with Crippen LogP contribution in [0.1, 0.15) is 50.8 Å². The van der Waals surface area contributed by atoms with Crippen molar-refractivity contribution in [2.75, 3.05) is 57.9 Å². The van der Waals surface area contributed by atoms with E-state index in [0.29, 0.717) is 73.8 Å². The molecule has 14 heteroatoms. The highest BCUT2D eigenvalue weighted by Crippen LogP contribution is 2.54. The number of rotatable bonds is 11. The summed E-state index contributed by atoms with van der Waals surface area (Å²) in [5, 5.41) is 1.15. The predicted molar refractivity (Wildman–Crippen MR) is 188 cm³/mol. The van der Waals surface area contributed by atoms with Crippen molar-refractivity contribution in [2.24, 2.45) is 4.99 Å². The number of hydrogen-bond acceptors (Lipinski definition) is 9. The Morgan fingerprint density at radius 2 is 1.48 bits per heavy atom. The summed E-state index contributed by atoms with van der Waals surface area (Å²) in [5.41, 5.74) is 0.0163. The fraction of sp³-hybridized carbons (Fsp3) is 0.471. The van der Waals surface area contributed by atoms with Crippen molar-refractivity contribution in [1.29, 1.82) is 0 Å². The number of carbonyl (C=O) groups excluding carboxylic acids is 1. The molecule has 0 aliphatic carbocycles. The lowest BCUT2D eigenvalue weighted by Crippen LogP contribution is -2.60. The maximum absolute atomic E-state index is 15.0. The number of halogens is 2. The van der Waals surface area contributed by atoms with E-state index in [4.69, 9.17) is 37.7 Å². The Kier molecular flexibility index (Phi) is 10.9. The van der Waals surface area contributed by atoms with Crippen LogP contribution in [0.15, 0.2) is 59.7 Å². The zero-order chi connectivity index (χ0) is 34.7. The van der Waals surface area contributed by atoms with Crippen LogP contribution in [0.4, 0.5) is 4.79 Å². The molecule has 0 saturated carbocycles. The highest BCUT2D eigenvalue weighted by atomic mass is 35.5. The molecule has 1 saturated heterocycles. The van der Waals surface area contributed by atoms with E-state index in [2.05, 4.69) is 14.9 Å². The number of sulfone groups is 1. The van der Waals surface area contributed by atoms with Crippen molar-refractivity contribution >= 4 is 44.9 Å². The van der Waals surface area contributed by atoms with Crippen LogP contribution < -0.4 is 9.47 Å². The lowest BCUT2D eigenvalue weighted by Gasteiger charge is -2.47. The first kappa shape index (κ1) is 35.8. The summed E-state index contributed by atoms with van der Waals surface area (Å²) in [6, 6.07) is 14.9. The maximum atomic E-state index is 15.0. The van der Waals surface area contributed by atoms with E-state index in [9.17, 15) is 8.42 Å². The molecule has 3 aromatic rings. The summed E-state index contributed by atoms with van der Waals surface area (Å²) in [4.78, 5) is 35.2. The van der Waals surface area contributed by atoms with Gasteiger partial charge >= 0.3 is 12.0 Å². The number of amides is 2. The number of ether oxygens (including phenoxy) is 2. The molecule has 0 spiro atoms. The number of benzene rings is 2. The summed E-state index contributed by atoms with van der Waals surface area (Å²) in [6.07, 6.45) is 3.39. The number of aliphatic imine (C=N–C) groups is 1. The van der Waals surface area contributed by atoms with Crippen LogP contribution in [0, 0.1) is 0 Å². The molecule has 3 heterocycles. The summed E-state index contributed by atoms with van der Waals surface area (Å²) in [5.74, 6) is 0.744. The van der Waals surface area contributed by atoms with Gasteiger partial charge in [-0.25, -0.2) is 18.2 Å². The van der Waals surface area contributed by atoms with Crippen molar-refractivity contribution in [3.05, 3.63) is 81.5 Å². The smallest absolute Gasteiger partial charge is 0.326 e. The predicted octanol–water partition coefficient (Wildman–Crippen LogP) is 5.65. The standard InChI is InChI=1S/C34H42Cl2N6O5S/c1-6-46-30-28(23-37-31(38-30)47-7-2)29-39-33(3,24-9-13-26(35)14-10-24)34(4,25-11-15-27(36)16-12-25)42(29)32(43)41-20-18-40(19-21-41)17-8-22-48(5,44)45/h9-16,23H,6-8,17-22H2,1-5H3. The van der Waals surface area contributed by atoms with Crippen LogP contribution in [0.3, 0.4) is 0 Å². The maximum Gasteiger partial charge on any atom is 0.326 e. The zero-order valence-corrected chi connectivity index (χ0v) is 30.3. The van der Waals surface area contributed by atoms with Crippen LogP contribution in [0.5, 0.6) is 11.9 Å². The van der Waals surface area contributed by atoms with Crippen molar-refractivity contribution < 1.29 is 22.7 Å². The monoisotopic (exact) mass is 716 g/mol. The van der Waals surface area contributed by atoms with Gasteiger partial charge in [0.25, 0.3) is 0 Å². The normalized spacial score (nSPS) is 21.7. The molecule has 2 atom stereocenters. The van der Waals surface area contributed by atoms with Gasteiger partial charge in [0.05, 0.1) is 24.5 Å². The molecular formula is C34H42Cl2N6O5S. The molecule has 1 fully saturated rings. The summed E-state index contributed by atoms with van der Waals surface area (Å²) >= 11 is 12.7. The number of aromatic nitrogens is 2. The average Bonchev–Trinajstić information content (AvgIpc) is 3.29. The number of carbonyl (C=O) groups is 1. The quantitative estimate of drug-likeness (QED) is 0.250. The Morgan fingerprint density at radius 1 is 0.896 bits per heavy atom. The minimum atomic E-state index is -3.04. The van der Waals surface area contributed by atoms with Crippen LogP contribution in [0.2, 0.25) is 10.0 Å². The molecule has 1 aromatic heterocycles. The zero-order valence-electron chi connectivity index (χ0n) is 27.9. The number of urea groups is 1. The molecule has 2 unspecified atom stereocenters. The highest BCUT2D eigenvalue weighted by molar-refractivity contribution is 7.90. The van der Waals surface area contributed by atoms with Crippen LogP contribution in [0.25, 0.3) is 0 Å². The molecule has 48 heavy (non-hydrogen) atoms. The van der Waals surface area contributed by atoms with Crippen molar-refractivity contribution in [2.45, 2.75) is 45.2 Å². The van der Waals surface area contributed by atoms with E-state index in [1.54, 1.807) is 11.1 Å².